The Morgan fingerprint density at radius 2 is 1.04 bits per heavy atom. The third-order valence-corrected chi connectivity index (χ3v) is 4.84. The van der Waals surface area contributed by atoms with Crippen molar-refractivity contribution in [1.29, 1.82) is 0 Å². The molecule has 0 aromatic heterocycles. The molecular weight excluding hydrogens is 344 g/mol. The van der Waals surface area contributed by atoms with Gasteiger partial charge in [-0.2, -0.15) is 0 Å². The van der Waals surface area contributed by atoms with E-state index in [1.807, 2.05) is 41.5 Å². The summed E-state index contributed by atoms with van der Waals surface area (Å²) in [5, 5.41) is 0. The number of carbonyl (C=O) groups is 2. The Kier molecular flexibility index (Phi) is 13.4. The van der Waals surface area contributed by atoms with Crippen LogP contribution in [-0.2, 0) is 23.8 Å². The first-order valence-electron chi connectivity index (χ1n) is 10.6. The average molecular weight is 387 g/mol. The molecular formula is C22H42O5. The predicted octanol–water partition coefficient (Wildman–Crippen LogP) is 5.30. The van der Waals surface area contributed by atoms with Gasteiger partial charge < -0.3 is 14.2 Å². The zero-order valence-corrected chi connectivity index (χ0v) is 18.5. The zero-order valence-electron chi connectivity index (χ0n) is 18.5. The molecule has 5 nitrogen and oxygen atoms in total. The van der Waals surface area contributed by atoms with E-state index in [1.54, 1.807) is 0 Å². The molecule has 0 saturated carbocycles. The fraction of sp³-hybridized carbons (Fsp3) is 0.909. The highest BCUT2D eigenvalue weighted by molar-refractivity contribution is 5.76. The maximum absolute atomic E-state index is 11.8. The molecule has 0 fully saturated rings. The van der Waals surface area contributed by atoms with Gasteiger partial charge in [-0.1, -0.05) is 25.7 Å². The number of carbonyl (C=O) groups excluding carboxylic acids is 2. The summed E-state index contributed by atoms with van der Waals surface area (Å²) in [6, 6.07) is 0. The Bertz CT molecular complexity index is 377. The molecule has 0 bridgehead atoms. The lowest BCUT2D eigenvalue weighted by atomic mass is 9.87. The second kappa shape index (κ2) is 14.0. The fourth-order valence-corrected chi connectivity index (χ4v) is 2.88. The first kappa shape index (κ1) is 25.9. The van der Waals surface area contributed by atoms with Crippen molar-refractivity contribution in [3.63, 3.8) is 0 Å². The molecule has 160 valence electrons. The second-order valence-corrected chi connectivity index (χ2v) is 8.44. The zero-order chi connectivity index (χ0) is 20.8. The Balaban J connectivity index is 3.58. The number of esters is 2. The maximum Gasteiger partial charge on any atom is 0.311 e. The molecule has 5 heteroatoms. The summed E-state index contributed by atoms with van der Waals surface area (Å²) in [4.78, 5) is 23.6. The first-order valence-corrected chi connectivity index (χ1v) is 10.6. The van der Waals surface area contributed by atoms with Gasteiger partial charge in [-0.3, -0.25) is 9.59 Å². The highest BCUT2D eigenvalue weighted by atomic mass is 16.5. The van der Waals surface area contributed by atoms with Crippen LogP contribution in [0, 0.1) is 10.8 Å². The second-order valence-electron chi connectivity index (χ2n) is 8.44. The third-order valence-electron chi connectivity index (χ3n) is 4.84. The standard InChI is InChI=1S/C22H42O5/c1-7-26-19(23)21(3,4)15-12-10-9-11-13-17-25-18-14-16-22(5,6)20(24)27-8-2/h7-18H2,1-6H3. The number of hydrogen-bond acceptors (Lipinski definition) is 5. The van der Waals surface area contributed by atoms with Gasteiger partial charge in [0, 0.05) is 13.2 Å². The predicted molar refractivity (Wildman–Crippen MR) is 109 cm³/mol. The molecule has 0 aromatic rings. The summed E-state index contributed by atoms with van der Waals surface area (Å²) < 4.78 is 15.9. The van der Waals surface area contributed by atoms with Crippen LogP contribution in [0.25, 0.3) is 0 Å². The summed E-state index contributed by atoms with van der Waals surface area (Å²) in [5.74, 6) is -0.222. The Morgan fingerprint density at radius 1 is 0.630 bits per heavy atom. The maximum atomic E-state index is 11.8. The summed E-state index contributed by atoms with van der Waals surface area (Å²) in [6.45, 7) is 13.8. The summed E-state index contributed by atoms with van der Waals surface area (Å²) in [6.07, 6.45) is 8.08. The average Bonchev–Trinajstić information content (AvgIpc) is 2.59. The first-order chi connectivity index (χ1) is 12.7. The van der Waals surface area contributed by atoms with Crippen molar-refractivity contribution in [1.82, 2.24) is 0 Å². The van der Waals surface area contributed by atoms with E-state index in [2.05, 4.69) is 0 Å². The minimum Gasteiger partial charge on any atom is -0.466 e. The quantitative estimate of drug-likeness (QED) is 0.266. The molecule has 27 heavy (non-hydrogen) atoms. The van der Waals surface area contributed by atoms with Gasteiger partial charge in [-0.15, -0.1) is 0 Å². The summed E-state index contributed by atoms with van der Waals surface area (Å²) in [7, 11) is 0. The third kappa shape index (κ3) is 12.1. The van der Waals surface area contributed by atoms with Gasteiger partial charge in [0.05, 0.1) is 24.0 Å². The number of ether oxygens (including phenoxy) is 3. The van der Waals surface area contributed by atoms with Crippen LogP contribution in [0.3, 0.4) is 0 Å². The largest absolute Gasteiger partial charge is 0.466 e. The van der Waals surface area contributed by atoms with Crippen molar-refractivity contribution in [3.8, 4) is 0 Å². The molecule has 0 aromatic carbocycles. The number of rotatable bonds is 16. The fourth-order valence-electron chi connectivity index (χ4n) is 2.88. The van der Waals surface area contributed by atoms with Crippen molar-refractivity contribution in [3.05, 3.63) is 0 Å². The van der Waals surface area contributed by atoms with E-state index >= 15 is 0 Å². The summed E-state index contributed by atoms with van der Waals surface area (Å²) >= 11 is 0. The van der Waals surface area contributed by atoms with Crippen LogP contribution >= 0.6 is 0 Å². The number of hydrogen-bond donors (Lipinski definition) is 0. The molecule has 0 saturated heterocycles. The van der Waals surface area contributed by atoms with Gasteiger partial charge in [-0.05, 0) is 67.2 Å². The van der Waals surface area contributed by atoms with Gasteiger partial charge >= 0.3 is 11.9 Å². The van der Waals surface area contributed by atoms with Crippen molar-refractivity contribution >= 4 is 11.9 Å². The molecule has 0 aliphatic heterocycles. The van der Waals surface area contributed by atoms with Crippen LogP contribution in [0.2, 0.25) is 0 Å². The van der Waals surface area contributed by atoms with E-state index in [-0.39, 0.29) is 17.4 Å². The van der Waals surface area contributed by atoms with Crippen LogP contribution in [0.1, 0.15) is 92.9 Å². The van der Waals surface area contributed by atoms with Gasteiger partial charge in [0.15, 0.2) is 0 Å². The summed E-state index contributed by atoms with van der Waals surface area (Å²) in [5.41, 5.74) is -0.812. The highest BCUT2D eigenvalue weighted by Crippen LogP contribution is 2.26. The minimum absolute atomic E-state index is 0.0930. The topological polar surface area (TPSA) is 61.8 Å². The Hall–Kier alpha value is -1.10. The molecule has 0 atom stereocenters. The monoisotopic (exact) mass is 386 g/mol. The van der Waals surface area contributed by atoms with E-state index in [4.69, 9.17) is 14.2 Å². The molecule has 0 spiro atoms. The smallest absolute Gasteiger partial charge is 0.311 e. The molecule has 0 amide bonds. The lowest BCUT2D eigenvalue weighted by Crippen LogP contribution is -2.27. The van der Waals surface area contributed by atoms with Crippen LogP contribution in [0.4, 0.5) is 0 Å². The van der Waals surface area contributed by atoms with E-state index in [1.165, 1.54) is 0 Å². The van der Waals surface area contributed by atoms with E-state index < -0.39 is 5.41 Å². The van der Waals surface area contributed by atoms with Crippen molar-refractivity contribution in [2.75, 3.05) is 26.4 Å². The molecule has 0 radical (unpaired) electrons. The van der Waals surface area contributed by atoms with Gasteiger partial charge in [0.1, 0.15) is 0 Å². The van der Waals surface area contributed by atoms with E-state index in [9.17, 15) is 9.59 Å². The SMILES string of the molecule is CCOC(=O)C(C)(C)CCCCCCCOCCCC(C)(C)C(=O)OCC. The lowest BCUT2D eigenvalue weighted by molar-refractivity contribution is -0.154. The number of unbranched alkanes of at least 4 members (excludes halogenated alkanes) is 4. The minimum atomic E-state index is -0.434. The molecule has 0 aliphatic rings. The van der Waals surface area contributed by atoms with Gasteiger partial charge in [0.2, 0.25) is 0 Å². The van der Waals surface area contributed by atoms with E-state index in [0.717, 1.165) is 58.0 Å². The highest BCUT2D eigenvalue weighted by Gasteiger charge is 2.29. The van der Waals surface area contributed by atoms with Crippen LogP contribution < -0.4 is 0 Å². The Morgan fingerprint density at radius 3 is 1.56 bits per heavy atom. The van der Waals surface area contributed by atoms with Crippen molar-refractivity contribution < 1.29 is 23.8 Å². The molecule has 0 N–H and O–H groups in total. The van der Waals surface area contributed by atoms with Crippen LogP contribution in [0.15, 0.2) is 0 Å². The molecule has 0 unspecified atom stereocenters. The van der Waals surface area contributed by atoms with Crippen LogP contribution in [-0.4, -0.2) is 38.4 Å². The molecule has 0 rings (SSSR count). The van der Waals surface area contributed by atoms with E-state index in [0.29, 0.717) is 19.8 Å². The van der Waals surface area contributed by atoms with Crippen molar-refractivity contribution in [2.45, 2.75) is 92.9 Å². The van der Waals surface area contributed by atoms with Gasteiger partial charge in [0.25, 0.3) is 0 Å². The van der Waals surface area contributed by atoms with Crippen LogP contribution in [0.5, 0.6) is 0 Å². The van der Waals surface area contributed by atoms with Crippen molar-refractivity contribution in [2.24, 2.45) is 10.8 Å². The molecule has 0 heterocycles. The van der Waals surface area contributed by atoms with Gasteiger partial charge in [-0.25, -0.2) is 0 Å². The normalized spacial score (nSPS) is 12.1. The Labute approximate surface area is 166 Å². The lowest BCUT2D eigenvalue weighted by Gasteiger charge is -2.22. The molecule has 0 aliphatic carbocycles.